The van der Waals surface area contributed by atoms with E-state index in [4.69, 9.17) is 5.26 Å². The number of amides is 1. The number of carbonyl (C=O) groups excluding carboxylic acids is 1. The highest BCUT2D eigenvalue weighted by Crippen LogP contribution is 2.38. The molecule has 0 N–H and O–H groups in total. The Labute approximate surface area is 133 Å². The van der Waals surface area contributed by atoms with Crippen LogP contribution in [0.4, 0.5) is 0 Å². The van der Waals surface area contributed by atoms with Crippen LogP contribution >= 0.6 is 11.8 Å². The quantitative estimate of drug-likeness (QED) is 0.871. The van der Waals surface area contributed by atoms with Gasteiger partial charge in [-0.1, -0.05) is 18.2 Å². The van der Waals surface area contributed by atoms with E-state index in [0.717, 1.165) is 17.7 Å². The normalized spacial score (nSPS) is 17.5. The molecule has 1 aromatic carbocycles. The molecule has 2 heterocycles. The number of nitriles is 1. The van der Waals surface area contributed by atoms with Crippen LogP contribution in [0.25, 0.3) is 0 Å². The number of rotatable bonds is 4. The summed E-state index contributed by atoms with van der Waals surface area (Å²) in [4.78, 5) is 18.3. The van der Waals surface area contributed by atoms with Crippen molar-refractivity contribution in [2.75, 3.05) is 12.3 Å². The van der Waals surface area contributed by atoms with Crippen molar-refractivity contribution in [2.24, 2.45) is 0 Å². The van der Waals surface area contributed by atoms with Crippen LogP contribution in [0.3, 0.4) is 0 Å². The molecule has 5 heteroatoms. The molecule has 1 aliphatic rings. The van der Waals surface area contributed by atoms with Crippen molar-refractivity contribution < 1.29 is 4.79 Å². The summed E-state index contributed by atoms with van der Waals surface area (Å²) in [6.07, 6.45) is 2.52. The minimum Gasteiger partial charge on any atom is -0.325 e. The number of pyridine rings is 1. The number of hydrogen-bond donors (Lipinski definition) is 0. The highest BCUT2D eigenvalue weighted by molar-refractivity contribution is 8.00. The van der Waals surface area contributed by atoms with Crippen LogP contribution in [0.5, 0.6) is 0 Å². The molecule has 0 radical (unpaired) electrons. The van der Waals surface area contributed by atoms with Crippen LogP contribution in [-0.4, -0.2) is 28.1 Å². The van der Waals surface area contributed by atoms with Gasteiger partial charge in [-0.15, -0.1) is 11.8 Å². The van der Waals surface area contributed by atoms with Crippen molar-refractivity contribution in [1.82, 2.24) is 9.88 Å². The average Bonchev–Trinajstić information content (AvgIpc) is 2.95. The molecule has 2 aromatic rings. The van der Waals surface area contributed by atoms with Crippen molar-refractivity contribution in [2.45, 2.75) is 11.8 Å². The zero-order valence-corrected chi connectivity index (χ0v) is 12.8. The first kappa shape index (κ1) is 14.6. The Hall–Kier alpha value is -2.32. The molecular weight excluding hydrogens is 294 g/mol. The average molecular weight is 309 g/mol. The highest BCUT2D eigenvalue weighted by atomic mass is 32.2. The van der Waals surface area contributed by atoms with E-state index >= 15 is 0 Å². The standard InChI is InChI=1S/C17H15N3OS/c18-11-13-4-6-14(7-5-13)17-20(16(21)12-22-17)10-8-15-3-1-2-9-19-15/h1-7,9,17H,8,10,12H2. The summed E-state index contributed by atoms with van der Waals surface area (Å²) >= 11 is 1.63. The Morgan fingerprint density at radius 1 is 1.27 bits per heavy atom. The van der Waals surface area contributed by atoms with E-state index in [1.807, 2.05) is 35.2 Å². The van der Waals surface area contributed by atoms with Crippen LogP contribution in [0.2, 0.25) is 0 Å². The van der Waals surface area contributed by atoms with Gasteiger partial charge in [-0.2, -0.15) is 5.26 Å². The Balaban J connectivity index is 1.73. The van der Waals surface area contributed by atoms with Crippen molar-refractivity contribution in [3.8, 4) is 6.07 Å². The molecule has 4 nitrogen and oxygen atoms in total. The number of carbonyl (C=O) groups is 1. The lowest BCUT2D eigenvalue weighted by Gasteiger charge is -2.24. The molecule has 3 rings (SSSR count). The summed E-state index contributed by atoms with van der Waals surface area (Å²) in [6, 6.07) is 15.4. The van der Waals surface area contributed by atoms with Crippen LogP contribution in [0, 0.1) is 11.3 Å². The van der Waals surface area contributed by atoms with Crippen molar-refractivity contribution >= 4 is 17.7 Å². The highest BCUT2D eigenvalue weighted by Gasteiger charge is 2.32. The maximum Gasteiger partial charge on any atom is 0.233 e. The Kier molecular flexibility index (Phi) is 4.40. The van der Waals surface area contributed by atoms with E-state index in [2.05, 4.69) is 11.1 Å². The summed E-state index contributed by atoms with van der Waals surface area (Å²) in [7, 11) is 0. The number of hydrogen-bond acceptors (Lipinski definition) is 4. The first-order valence-electron chi connectivity index (χ1n) is 7.09. The lowest BCUT2D eigenvalue weighted by atomic mass is 10.1. The summed E-state index contributed by atoms with van der Waals surface area (Å²) in [5.41, 5.74) is 2.69. The predicted molar refractivity (Wildman–Crippen MR) is 86.0 cm³/mol. The second kappa shape index (κ2) is 6.63. The minimum absolute atomic E-state index is 0.0314. The van der Waals surface area contributed by atoms with Crippen molar-refractivity contribution in [1.29, 1.82) is 5.26 Å². The predicted octanol–water partition coefficient (Wildman–Crippen LogP) is 2.77. The summed E-state index contributed by atoms with van der Waals surface area (Å²) < 4.78 is 0. The van der Waals surface area contributed by atoms with E-state index < -0.39 is 0 Å². The summed E-state index contributed by atoms with van der Waals surface area (Å²) in [5.74, 6) is 0.669. The maximum absolute atomic E-state index is 12.1. The Morgan fingerprint density at radius 3 is 2.77 bits per heavy atom. The second-order valence-electron chi connectivity index (χ2n) is 5.06. The minimum atomic E-state index is 0.0314. The van der Waals surface area contributed by atoms with Crippen LogP contribution in [-0.2, 0) is 11.2 Å². The second-order valence-corrected chi connectivity index (χ2v) is 6.12. The molecule has 1 aromatic heterocycles. The fourth-order valence-corrected chi connectivity index (χ4v) is 3.69. The first-order valence-corrected chi connectivity index (χ1v) is 8.14. The fraction of sp³-hybridized carbons (Fsp3) is 0.235. The van der Waals surface area contributed by atoms with Gasteiger partial charge in [-0.25, -0.2) is 0 Å². The van der Waals surface area contributed by atoms with E-state index in [9.17, 15) is 4.79 Å². The molecule has 1 fully saturated rings. The van der Waals surface area contributed by atoms with Gasteiger partial charge >= 0.3 is 0 Å². The molecule has 22 heavy (non-hydrogen) atoms. The van der Waals surface area contributed by atoms with Gasteiger partial charge in [-0.3, -0.25) is 9.78 Å². The van der Waals surface area contributed by atoms with Gasteiger partial charge in [0.25, 0.3) is 0 Å². The number of aromatic nitrogens is 1. The molecule has 0 bridgehead atoms. The molecule has 1 unspecified atom stereocenters. The molecule has 0 aliphatic carbocycles. The van der Waals surface area contributed by atoms with Gasteiger partial charge in [0.05, 0.1) is 17.4 Å². The third-order valence-corrected chi connectivity index (χ3v) is 4.88. The largest absolute Gasteiger partial charge is 0.325 e. The van der Waals surface area contributed by atoms with Gasteiger partial charge < -0.3 is 4.90 Å². The SMILES string of the molecule is N#Cc1ccc(C2SCC(=O)N2CCc2ccccn2)cc1. The Morgan fingerprint density at radius 2 is 2.09 bits per heavy atom. The van der Waals surface area contributed by atoms with Gasteiger partial charge in [0.15, 0.2) is 0 Å². The Bertz CT molecular complexity index is 694. The van der Waals surface area contributed by atoms with E-state index in [0.29, 0.717) is 17.9 Å². The summed E-state index contributed by atoms with van der Waals surface area (Å²) in [6.45, 7) is 0.660. The first-order chi connectivity index (χ1) is 10.8. The maximum atomic E-state index is 12.1. The number of benzene rings is 1. The van der Waals surface area contributed by atoms with Gasteiger partial charge in [0.1, 0.15) is 5.37 Å². The van der Waals surface area contributed by atoms with Crippen LogP contribution in [0.1, 0.15) is 22.2 Å². The lowest BCUT2D eigenvalue weighted by Crippen LogP contribution is -2.30. The summed E-state index contributed by atoms with van der Waals surface area (Å²) in [5, 5.41) is 8.90. The molecule has 1 aliphatic heterocycles. The van der Waals surface area contributed by atoms with Crippen LogP contribution in [0.15, 0.2) is 48.7 Å². The molecule has 1 atom stereocenters. The van der Waals surface area contributed by atoms with Gasteiger partial charge in [-0.05, 0) is 29.8 Å². The van der Waals surface area contributed by atoms with Crippen LogP contribution < -0.4 is 0 Å². The van der Waals surface area contributed by atoms with E-state index in [-0.39, 0.29) is 11.3 Å². The third-order valence-electron chi connectivity index (χ3n) is 3.63. The van der Waals surface area contributed by atoms with Gasteiger partial charge in [0.2, 0.25) is 5.91 Å². The lowest BCUT2D eigenvalue weighted by molar-refractivity contribution is -0.128. The van der Waals surface area contributed by atoms with Crippen molar-refractivity contribution in [3.05, 3.63) is 65.5 Å². The molecule has 1 saturated heterocycles. The number of nitrogens with zero attached hydrogens (tertiary/aromatic N) is 3. The van der Waals surface area contributed by atoms with E-state index in [1.165, 1.54) is 0 Å². The molecule has 1 amide bonds. The van der Waals surface area contributed by atoms with Crippen molar-refractivity contribution in [3.63, 3.8) is 0 Å². The smallest absolute Gasteiger partial charge is 0.233 e. The monoisotopic (exact) mass is 309 g/mol. The zero-order valence-electron chi connectivity index (χ0n) is 12.0. The molecule has 110 valence electrons. The molecular formula is C17H15N3OS. The number of thioether (sulfide) groups is 1. The topological polar surface area (TPSA) is 57.0 Å². The van der Waals surface area contributed by atoms with Gasteiger partial charge in [0, 0.05) is 24.9 Å². The zero-order chi connectivity index (χ0) is 15.4. The third kappa shape index (κ3) is 3.12. The molecule has 0 spiro atoms. The fourth-order valence-electron chi connectivity index (χ4n) is 2.48. The van der Waals surface area contributed by atoms with E-state index in [1.54, 1.807) is 30.1 Å². The molecule has 0 saturated carbocycles.